The molecule has 2 aromatic carbocycles. The molecule has 1 atom stereocenters. The predicted octanol–water partition coefficient (Wildman–Crippen LogP) is 5.40. The van der Waals surface area contributed by atoms with Crippen molar-refractivity contribution < 1.29 is 18.0 Å². The van der Waals surface area contributed by atoms with Crippen LogP contribution in [0.5, 0.6) is 0 Å². The Morgan fingerprint density at radius 3 is 2.48 bits per heavy atom. The molecule has 1 amide bonds. The summed E-state index contributed by atoms with van der Waals surface area (Å²) in [4.78, 5) is 20.1. The Morgan fingerprint density at radius 2 is 1.82 bits per heavy atom. The number of fused-ring (bicyclic) bond motifs is 1. The Morgan fingerprint density at radius 1 is 1.09 bits per heavy atom. The first-order valence-electron chi connectivity index (χ1n) is 11.0. The number of rotatable bonds is 4. The van der Waals surface area contributed by atoms with Crippen molar-refractivity contribution in [2.45, 2.75) is 33.0 Å². The van der Waals surface area contributed by atoms with Crippen LogP contribution in [0.3, 0.4) is 0 Å². The van der Waals surface area contributed by atoms with Crippen molar-refractivity contribution in [2.24, 2.45) is 0 Å². The second-order valence-electron chi connectivity index (χ2n) is 8.44. The Bertz CT molecular complexity index is 1170. The molecular formula is C25H27F3N4O. The van der Waals surface area contributed by atoms with Crippen LogP contribution in [0.2, 0.25) is 0 Å². The lowest BCUT2D eigenvalue weighted by molar-refractivity contribution is -0.138. The number of nitrogens with zero attached hydrogens (tertiary/aromatic N) is 3. The van der Waals surface area contributed by atoms with E-state index in [0.29, 0.717) is 18.7 Å². The zero-order valence-electron chi connectivity index (χ0n) is 18.9. The second-order valence-corrected chi connectivity index (χ2v) is 8.44. The molecule has 1 aliphatic heterocycles. The minimum absolute atomic E-state index is 0.0859. The number of pyridine rings is 1. The van der Waals surface area contributed by atoms with Gasteiger partial charge in [0.15, 0.2) is 0 Å². The Kier molecular flexibility index (Phi) is 6.19. The Balaban J connectivity index is 1.61. The summed E-state index contributed by atoms with van der Waals surface area (Å²) in [5.74, 6) is 0.0859. The van der Waals surface area contributed by atoms with E-state index < -0.39 is 11.7 Å². The average molecular weight is 457 g/mol. The van der Waals surface area contributed by atoms with Gasteiger partial charge in [0.05, 0.1) is 11.1 Å². The van der Waals surface area contributed by atoms with Crippen molar-refractivity contribution >= 4 is 28.2 Å². The maximum absolute atomic E-state index is 13.4. The van der Waals surface area contributed by atoms with Gasteiger partial charge in [0.25, 0.3) is 0 Å². The molecule has 0 unspecified atom stereocenters. The number of piperazine rings is 1. The molecule has 1 saturated heterocycles. The van der Waals surface area contributed by atoms with Crippen molar-refractivity contribution in [3.05, 3.63) is 65.4 Å². The predicted molar refractivity (Wildman–Crippen MR) is 124 cm³/mol. The minimum Gasteiger partial charge on any atom is -0.378 e. The summed E-state index contributed by atoms with van der Waals surface area (Å²) in [5.41, 5.74) is 2.87. The maximum Gasteiger partial charge on any atom is 0.416 e. The fourth-order valence-corrected chi connectivity index (χ4v) is 4.48. The third-order valence-electron chi connectivity index (χ3n) is 6.33. The smallest absolute Gasteiger partial charge is 0.378 e. The quantitative estimate of drug-likeness (QED) is 0.571. The molecule has 0 saturated carbocycles. The summed E-state index contributed by atoms with van der Waals surface area (Å²) in [7, 11) is 0. The monoisotopic (exact) mass is 456 g/mol. The van der Waals surface area contributed by atoms with Gasteiger partial charge in [0.2, 0.25) is 5.91 Å². The van der Waals surface area contributed by atoms with Crippen molar-refractivity contribution in [3.63, 3.8) is 0 Å². The van der Waals surface area contributed by atoms with E-state index in [-0.39, 0.29) is 17.5 Å². The molecule has 3 aromatic rings. The van der Waals surface area contributed by atoms with E-state index in [1.807, 2.05) is 30.0 Å². The van der Waals surface area contributed by atoms with E-state index in [2.05, 4.69) is 21.3 Å². The second kappa shape index (κ2) is 8.92. The standard InChI is InChI=1S/C25H27F3N4O/c1-16-20(5-4-6-22(16)25(26,27)28)17(2)30-24-9-10-29-23-8-7-19(15-21(23)24)32-13-11-31(12-14-32)18(3)33/h4-10,15,17H,11-14H2,1-3H3,(H,29,30)/t17-/m1/s1. The van der Waals surface area contributed by atoms with Crippen LogP contribution in [-0.4, -0.2) is 42.0 Å². The van der Waals surface area contributed by atoms with Gasteiger partial charge in [-0.25, -0.2) is 0 Å². The van der Waals surface area contributed by atoms with Gasteiger partial charge in [0.1, 0.15) is 0 Å². The highest BCUT2D eigenvalue weighted by atomic mass is 19.4. The largest absolute Gasteiger partial charge is 0.416 e. The number of halogens is 3. The first-order valence-corrected chi connectivity index (χ1v) is 11.0. The topological polar surface area (TPSA) is 48.5 Å². The molecule has 4 rings (SSSR count). The van der Waals surface area contributed by atoms with Gasteiger partial charge < -0.3 is 15.1 Å². The van der Waals surface area contributed by atoms with E-state index in [1.54, 1.807) is 19.2 Å². The molecule has 174 valence electrons. The summed E-state index contributed by atoms with van der Waals surface area (Å²) in [6, 6.07) is 11.8. The summed E-state index contributed by atoms with van der Waals surface area (Å²) in [6.07, 6.45) is -2.69. The number of carbonyl (C=O) groups excluding carboxylic acids is 1. The number of amides is 1. The maximum atomic E-state index is 13.4. The summed E-state index contributed by atoms with van der Waals surface area (Å²) in [5, 5.41) is 4.30. The first-order chi connectivity index (χ1) is 15.6. The van der Waals surface area contributed by atoms with Crippen LogP contribution in [0.1, 0.15) is 36.6 Å². The SMILES string of the molecule is CC(=O)N1CCN(c2ccc3nccc(N[C@H](C)c4cccc(C(F)(F)F)c4C)c3c2)CC1. The van der Waals surface area contributed by atoms with E-state index in [0.717, 1.165) is 41.4 Å². The van der Waals surface area contributed by atoms with Gasteiger partial charge in [-0.05, 0) is 55.3 Å². The van der Waals surface area contributed by atoms with Crippen LogP contribution in [0, 0.1) is 6.92 Å². The lowest BCUT2D eigenvalue weighted by Gasteiger charge is -2.35. The first kappa shape index (κ1) is 22.9. The normalized spacial score (nSPS) is 15.6. The molecule has 1 aromatic heterocycles. The van der Waals surface area contributed by atoms with Crippen LogP contribution >= 0.6 is 0 Å². The number of benzene rings is 2. The summed E-state index contributed by atoms with van der Waals surface area (Å²) < 4.78 is 40.1. The van der Waals surface area contributed by atoms with Crippen LogP contribution < -0.4 is 10.2 Å². The van der Waals surface area contributed by atoms with Crippen molar-refractivity contribution in [1.82, 2.24) is 9.88 Å². The summed E-state index contributed by atoms with van der Waals surface area (Å²) >= 11 is 0. The Hall–Kier alpha value is -3.29. The lowest BCUT2D eigenvalue weighted by Crippen LogP contribution is -2.48. The Labute approximate surface area is 191 Å². The highest BCUT2D eigenvalue weighted by molar-refractivity contribution is 5.93. The highest BCUT2D eigenvalue weighted by Crippen LogP contribution is 2.36. The molecule has 1 aliphatic rings. The number of hydrogen-bond acceptors (Lipinski definition) is 4. The van der Waals surface area contributed by atoms with Crippen molar-refractivity contribution in [2.75, 3.05) is 36.4 Å². The van der Waals surface area contributed by atoms with Gasteiger partial charge in [-0.2, -0.15) is 13.2 Å². The molecule has 8 heteroatoms. The van der Waals surface area contributed by atoms with E-state index in [4.69, 9.17) is 0 Å². The number of hydrogen-bond donors (Lipinski definition) is 1. The molecule has 0 spiro atoms. The van der Waals surface area contributed by atoms with Gasteiger partial charge >= 0.3 is 6.18 Å². The molecule has 0 bridgehead atoms. The van der Waals surface area contributed by atoms with Crippen LogP contribution in [0.15, 0.2) is 48.7 Å². The zero-order chi connectivity index (χ0) is 23.8. The fraction of sp³-hybridized carbons (Fsp3) is 0.360. The van der Waals surface area contributed by atoms with Gasteiger partial charge in [-0.15, -0.1) is 0 Å². The molecule has 0 radical (unpaired) electrons. The number of alkyl halides is 3. The minimum atomic E-state index is -4.38. The van der Waals surface area contributed by atoms with Crippen LogP contribution in [0.25, 0.3) is 10.9 Å². The zero-order valence-corrected chi connectivity index (χ0v) is 18.9. The fourth-order valence-electron chi connectivity index (χ4n) is 4.48. The van der Waals surface area contributed by atoms with Gasteiger partial charge in [-0.1, -0.05) is 12.1 Å². The van der Waals surface area contributed by atoms with Crippen LogP contribution in [0.4, 0.5) is 24.5 Å². The highest BCUT2D eigenvalue weighted by Gasteiger charge is 2.33. The molecule has 5 nitrogen and oxygen atoms in total. The molecule has 2 heterocycles. The third-order valence-corrected chi connectivity index (χ3v) is 6.33. The number of carbonyl (C=O) groups is 1. The van der Waals surface area contributed by atoms with Crippen LogP contribution in [-0.2, 0) is 11.0 Å². The van der Waals surface area contributed by atoms with Crippen molar-refractivity contribution in [3.8, 4) is 0 Å². The lowest BCUT2D eigenvalue weighted by atomic mass is 9.97. The molecule has 0 aliphatic carbocycles. The molecule has 1 N–H and O–H groups in total. The number of nitrogens with one attached hydrogen (secondary N) is 1. The van der Waals surface area contributed by atoms with E-state index in [1.165, 1.54) is 13.0 Å². The molecule has 1 fully saturated rings. The number of aromatic nitrogens is 1. The van der Waals surface area contributed by atoms with Gasteiger partial charge in [-0.3, -0.25) is 9.78 Å². The number of anilines is 2. The molecular weight excluding hydrogens is 429 g/mol. The van der Waals surface area contributed by atoms with Gasteiger partial charge in [0, 0.05) is 62.1 Å². The van der Waals surface area contributed by atoms with E-state index >= 15 is 0 Å². The third kappa shape index (κ3) is 4.74. The van der Waals surface area contributed by atoms with E-state index in [9.17, 15) is 18.0 Å². The van der Waals surface area contributed by atoms with Crippen molar-refractivity contribution in [1.29, 1.82) is 0 Å². The molecule has 33 heavy (non-hydrogen) atoms. The average Bonchev–Trinajstić information content (AvgIpc) is 2.78. The summed E-state index contributed by atoms with van der Waals surface area (Å²) in [6.45, 7) is 7.80.